The van der Waals surface area contributed by atoms with Gasteiger partial charge < -0.3 is 4.74 Å². The maximum atomic E-state index is 12.7. The monoisotopic (exact) mass is 407 g/mol. The number of hydrogen-bond acceptors (Lipinski definition) is 4. The van der Waals surface area contributed by atoms with Gasteiger partial charge in [0.1, 0.15) is 10.6 Å². The Balaban J connectivity index is 1.98. The molecule has 0 N–H and O–H groups in total. The lowest BCUT2D eigenvalue weighted by Crippen LogP contribution is -2.27. The average Bonchev–Trinajstić information content (AvgIpc) is 2.91. The van der Waals surface area contributed by atoms with E-state index in [2.05, 4.69) is 38.0 Å². The lowest BCUT2D eigenvalue weighted by molar-refractivity contribution is 0.297. The van der Waals surface area contributed by atoms with E-state index in [0.717, 1.165) is 12.2 Å². The van der Waals surface area contributed by atoms with Crippen LogP contribution in [0, 0.1) is 13.8 Å². The van der Waals surface area contributed by atoms with E-state index < -0.39 is 10.0 Å². The third-order valence-electron chi connectivity index (χ3n) is 4.93. The maximum Gasteiger partial charge on any atom is 0.246 e. The zero-order valence-electron chi connectivity index (χ0n) is 18.1. The van der Waals surface area contributed by atoms with E-state index in [4.69, 9.17) is 4.74 Å². The zero-order valence-corrected chi connectivity index (χ0v) is 18.9. The second kappa shape index (κ2) is 8.66. The normalized spacial score (nSPS) is 12.6. The molecule has 0 atom stereocenters. The van der Waals surface area contributed by atoms with Crippen LogP contribution >= 0.6 is 0 Å². The highest BCUT2D eigenvalue weighted by molar-refractivity contribution is 7.89. The molecule has 1 aromatic heterocycles. The van der Waals surface area contributed by atoms with E-state index in [1.807, 2.05) is 26.0 Å². The van der Waals surface area contributed by atoms with Gasteiger partial charge in [-0.2, -0.15) is 5.10 Å². The van der Waals surface area contributed by atoms with Gasteiger partial charge in [-0.3, -0.25) is 4.68 Å². The number of hydrogen-bond donors (Lipinski definition) is 0. The summed E-state index contributed by atoms with van der Waals surface area (Å²) in [6.07, 6.45) is 0.742. The summed E-state index contributed by atoms with van der Waals surface area (Å²) >= 11 is 0. The predicted molar refractivity (Wildman–Crippen MR) is 112 cm³/mol. The maximum absolute atomic E-state index is 12.7. The summed E-state index contributed by atoms with van der Waals surface area (Å²) in [6.45, 7) is 13.5. The van der Waals surface area contributed by atoms with E-state index in [-0.39, 0.29) is 5.41 Å². The van der Waals surface area contributed by atoms with Gasteiger partial charge in [-0.15, -0.1) is 0 Å². The van der Waals surface area contributed by atoms with Crippen LogP contribution in [0.15, 0.2) is 29.2 Å². The minimum Gasteiger partial charge on any atom is -0.494 e. The molecule has 1 aromatic carbocycles. The number of rotatable bonds is 8. The highest BCUT2D eigenvalue weighted by atomic mass is 32.2. The summed E-state index contributed by atoms with van der Waals surface area (Å²) in [5.74, 6) is 0.842. The van der Waals surface area contributed by atoms with Gasteiger partial charge in [0.15, 0.2) is 0 Å². The molecule has 28 heavy (non-hydrogen) atoms. The number of aryl methyl sites for hydroxylation is 2. The molecule has 156 valence electrons. The smallest absolute Gasteiger partial charge is 0.246 e. The van der Waals surface area contributed by atoms with E-state index in [1.165, 1.54) is 9.87 Å². The van der Waals surface area contributed by atoms with Gasteiger partial charge in [-0.05, 0) is 37.0 Å². The molecule has 0 aliphatic carbocycles. The molecule has 0 amide bonds. The Bertz CT molecular complexity index is 894. The molecule has 2 rings (SSSR count). The number of benzene rings is 1. The van der Waals surface area contributed by atoms with Gasteiger partial charge in [-0.1, -0.05) is 39.8 Å². The first kappa shape index (κ1) is 22.4. The molecule has 0 aliphatic heterocycles. The van der Waals surface area contributed by atoms with Gasteiger partial charge >= 0.3 is 0 Å². The lowest BCUT2D eigenvalue weighted by Gasteiger charge is -2.19. The van der Waals surface area contributed by atoms with Gasteiger partial charge in [-0.25, -0.2) is 12.7 Å². The minimum atomic E-state index is -3.50. The Morgan fingerprint density at radius 1 is 1.14 bits per heavy atom. The summed E-state index contributed by atoms with van der Waals surface area (Å²) in [4.78, 5) is 0.315. The first-order valence-electron chi connectivity index (χ1n) is 9.72. The van der Waals surface area contributed by atoms with E-state index in [9.17, 15) is 8.42 Å². The molecule has 0 bridgehead atoms. The Kier molecular flexibility index (Phi) is 6.93. The van der Waals surface area contributed by atoms with Crippen molar-refractivity contribution in [3.63, 3.8) is 0 Å². The van der Waals surface area contributed by atoms with Crippen LogP contribution < -0.4 is 4.74 Å². The largest absolute Gasteiger partial charge is 0.494 e. The van der Waals surface area contributed by atoms with Gasteiger partial charge in [0.2, 0.25) is 10.0 Å². The van der Waals surface area contributed by atoms with E-state index >= 15 is 0 Å². The predicted octanol–water partition coefficient (Wildman–Crippen LogP) is 3.91. The Morgan fingerprint density at radius 3 is 2.29 bits per heavy atom. The third kappa shape index (κ3) is 4.94. The quantitative estimate of drug-likeness (QED) is 0.623. The van der Waals surface area contributed by atoms with E-state index in [0.29, 0.717) is 36.0 Å². The summed E-state index contributed by atoms with van der Waals surface area (Å²) in [5.41, 5.74) is 2.61. The fourth-order valence-electron chi connectivity index (χ4n) is 3.05. The molecule has 0 spiro atoms. The molecule has 0 saturated carbocycles. The van der Waals surface area contributed by atoms with Crippen LogP contribution in [-0.2, 0) is 22.0 Å². The summed E-state index contributed by atoms with van der Waals surface area (Å²) < 4.78 is 34.3. The molecule has 2 aromatic rings. The molecule has 6 nitrogen and oxygen atoms in total. The van der Waals surface area contributed by atoms with E-state index in [1.54, 1.807) is 18.7 Å². The molecule has 0 aliphatic rings. The molecular weight excluding hydrogens is 374 g/mol. The summed E-state index contributed by atoms with van der Waals surface area (Å²) in [5, 5.41) is 4.43. The van der Waals surface area contributed by atoms with Crippen molar-refractivity contribution in [2.75, 3.05) is 20.2 Å². The number of sulfonamides is 1. The van der Waals surface area contributed by atoms with Crippen molar-refractivity contribution < 1.29 is 13.2 Å². The molecule has 0 unspecified atom stereocenters. The second-order valence-corrected chi connectivity index (χ2v) is 10.1. The van der Waals surface area contributed by atoms with Crippen LogP contribution in [0.5, 0.6) is 5.75 Å². The first-order valence-corrected chi connectivity index (χ1v) is 11.2. The topological polar surface area (TPSA) is 64.4 Å². The second-order valence-electron chi connectivity index (χ2n) is 8.12. The molecule has 7 heteroatoms. The molecule has 0 fully saturated rings. The van der Waals surface area contributed by atoms with Crippen LogP contribution in [0.3, 0.4) is 0 Å². The fourth-order valence-corrected chi connectivity index (χ4v) is 4.60. The van der Waals surface area contributed by atoms with Crippen LogP contribution in [0.4, 0.5) is 0 Å². The highest BCUT2D eigenvalue weighted by Crippen LogP contribution is 2.25. The molecule has 1 heterocycles. The summed E-state index contributed by atoms with van der Waals surface area (Å²) in [7, 11) is -1.91. The molecular formula is C21H33N3O3S. The number of ether oxygens (including phenoxy) is 1. The Morgan fingerprint density at radius 2 is 1.75 bits per heavy atom. The third-order valence-corrected chi connectivity index (χ3v) is 7.12. The van der Waals surface area contributed by atoms with Crippen molar-refractivity contribution in [3.8, 4) is 5.75 Å². The SMILES string of the molecule is CCN(C)S(=O)(=O)c1c(C)nn(CCCOc2ccc(C(C)(C)C)cc2)c1C. The average molecular weight is 408 g/mol. The van der Waals surface area contributed by atoms with Crippen LogP contribution in [0.2, 0.25) is 0 Å². The number of aromatic nitrogens is 2. The van der Waals surface area contributed by atoms with Crippen LogP contribution in [0.1, 0.15) is 51.1 Å². The first-order chi connectivity index (χ1) is 13.0. The van der Waals surface area contributed by atoms with Crippen molar-refractivity contribution in [3.05, 3.63) is 41.2 Å². The Labute approximate surface area is 169 Å². The molecule has 0 saturated heterocycles. The lowest BCUT2D eigenvalue weighted by atomic mass is 9.87. The van der Waals surface area contributed by atoms with Crippen molar-refractivity contribution >= 4 is 10.0 Å². The Hall–Kier alpha value is -1.86. The van der Waals surface area contributed by atoms with Crippen LogP contribution in [-0.4, -0.2) is 42.7 Å². The fraction of sp³-hybridized carbons (Fsp3) is 0.571. The minimum absolute atomic E-state index is 0.123. The highest BCUT2D eigenvalue weighted by Gasteiger charge is 2.27. The standard InChI is InChI=1S/C21H33N3O3S/c1-8-23(7)28(25,26)20-16(2)22-24(17(20)3)14-9-15-27-19-12-10-18(11-13-19)21(4,5)6/h10-13H,8-9,14-15H2,1-7H3. The van der Waals surface area contributed by atoms with Crippen molar-refractivity contribution in [2.45, 2.75) is 64.8 Å². The summed E-state index contributed by atoms with van der Waals surface area (Å²) in [6, 6.07) is 8.18. The van der Waals surface area contributed by atoms with Crippen LogP contribution in [0.25, 0.3) is 0 Å². The van der Waals surface area contributed by atoms with Gasteiger partial charge in [0.25, 0.3) is 0 Å². The van der Waals surface area contributed by atoms with Crippen molar-refractivity contribution in [1.82, 2.24) is 14.1 Å². The van der Waals surface area contributed by atoms with Crippen molar-refractivity contribution in [2.24, 2.45) is 0 Å². The van der Waals surface area contributed by atoms with Gasteiger partial charge in [0.05, 0.1) is 18.0 Å². The molecule has 0 radical (unpaired) electrons. The van der Waals surface area contributed by atoms with Gasteiger partial charge in [0, 0.05) is 26.6 Å². The number of nitrogens with zero attached hydrogens (tertiary/aromatic N) is 3. The van der Waals surface area contributed by atoms with Crippen molar-refractivity contribution in [1.29, 1.82) is 0 Å². The zero-order chi connectivity index (χ0) is 21.1.